The summed E-state index contributed by atoms with van der Waals surface area (Å²) in [5.74, 6) is 1.69. The van der Waals surface area contributed by atoms with E-state index in [0.717, 1.165) is 0 Å². The zero-order valence-corrected chi connectivity index (χ0v) is 18.3. The first-order valence-corrected chi connectivity index (χ1v) is 12.1. The maximum absolute atomic E-state index is 9.06. The lowest BCUT2D eigenvalue weighted by Gasteiger charge is -2.38. The standard InChI is InChI=1S/C18H31N3O5Si/c1-9-10-22-14-13(24-16-15(14)25-18(5,6)26-16)12(20-21-19)11-23-27(7,8)17(2,3)4/h1,12-16H,10-11H2,2-8H3/t12-,13+,14+,15+,16+/m0/s1. The van der Waals surface area contributed by atoms with Crippen LogP contribution in [0.5, 0.6) is 0 Å². The number of fused-ring (bicyclic) bond motifs is 1. The van der Waals surface area contributed by atoms with Crippen LogP contribution in [0.2, 0.25) is 18.1 Å². The first-order valence-electron chi connectivity index (χ1n) is 9.16. The van der Waals surface area contributed by atoms with E-state index < -0.39 is 44.7 Å². The van der Waals surface area contributed by atoms with Gasteiger partial charge in [0.15, 0.2) is 20.4 Å². The van der Waals surface area contributed by atoms with Crippen molar-refractivity contribution in [1.82, 2.24) is 0 Å². The number of terminal acetylenes is 1. The molecule has 0 aromatic heterocycles. The number of azide groups is 1. The molecule has 5 atom stereocenters. The third kappa shape index (κ3) is 5.03. The van der Waals surface area contributed by atoms with Gasteiger partial charge in [-0.3, -0.25) is 0 Å². The molecule has 0 saturated carbocycles. The Balaban J connectivity index is 2.17. The summed E-state index contributed by atoms with van der Waals surface area (Å²) in [7, 11) is -2.02. The molecule has 2 aliphatic heterocycles. The van der Waals surface area contributed by atoms with Crippen molar-refractivity contribution in [3.63, 3.8) is 0 Å². The first kappa shape index (κ1) is 22.2. The summed E-state index contributed by atoms with van der Waals surface area (Å²) in [5, 5.41) is 3.96. The zero-order chi connectivity index (χ0) is 20.5. The molecule has 0 aromatic carbocycles. The topological polar surface area (TPSA) is 94.9 Å². The van der Waals surface area contributed by atoms with Gasteiger partial charge >= 0.3 is 0 Å². The Morgan fingerprint density at radius 2 is 2.00 bits per heavy atom. The fraction of sp³-hybridized carbons (Fsp3) is 0.889. The monoisotopic (exact) mass is 397 g/mol. The van der Waals surface area contributed by atoms with E-state index in [2.05, 4.69) is 49.8 Å². The lowest BCUT2D eigenvalue weighted by Crippen LogP contribution is -2.47. The van der Waals surface area contributed by atoms with Crippen molar-refractivity contribution < 1.29 is 23.4 Å². The molecule has 27 heavy (non-hydrogen) atoms. The molecule has 2 saturated heterocycles. The molecule has 0 unspecified atom stereocenters. The van der Waals surface area contributed by atoms with E-state index in [1.54, 1.807) is 0 Å². The lowest BCUT2D eigenvalue weighted by atomic mass is 10.0. The van der Waals surface area contributed by atoms with Gasteiger partial charge in [0.05, 0.1) is 6.04 Å². The van der Waals surface area contributed by atoms with E-state index in [4.69, 9.17) is 35.3 Å². The summed E-state index contributed by atoms with van der Waals surface area (Å²) >= 11 is 0. The van der Waals surface area contributed by atoms with E-state index in [1.165, 1.54) is 0 Å². The van der Waals surface area contributed by atoms with E-state index in [9.17, 15) is 0 Å². The highest BCUT2D eigenvalue weighted by Crippen LogP contribution is 2.41. The molecule has 2 aliphatic rings. The van der Waals surface area contributed by atoms with Crippen molar-refractivity contribution in [2.24, 2.45) is 5.11 Å². The van der Waals surface area contributed by atoms with Crippen LogP contribution in [0.4, 0.5) is 0 Å². The Hall–Kier alpha value is -1.11. The van der Waals surface area contributed by atoms with Crippen LogP contribution in [0.3, 0.4) is 0 Å². The predicted octanol–water partition coefficient (Wildman–Crippen LogP) is 3.58. The second-order valence-corrected chi connectivity index (χ2v) is 13.7. The van der Waals surface area contributed by atoms with Crippen LogP contribution < -0.4 is 0 Å². The predicted molar refractivity (Wildman–Crippen MR) is 103 cm³/mol. The first-order chi connectivity index (χ1) is 12.4. The molecule has 0 amide bonds. The van der Waals surface area contributed by atoms with Gasteiger partial charge in [-0.1, -0.05) is 31.8 Å². The number of rotatable bonds is 7. The van der Waals surface area contributed by atoms with Crippen LogP contribution in [-0.4, -0.2) is 58.0 Å². The van der Waals surface area contributed by atoms with Gasteiger partial charge in [-0.2, -0.15) is 0 Å². The molecule has 0 bridgehead atoms. The van der Waals surface area contributed by atoms with Crippen LogP contribution in [-0.2, 0) is 23.4 Å². The minimum atomic E-state index is -2.02. The summed E-state index contributed by atoms with van der Waals surface area (Å²) in [4.78, 5) is 2.98. The van der Waals surface area contributed by atoms with Gasteiger partial charge < -0.3 is 23.4 Å². The molecule has 0 aromatic rings. The number of nitrogens with zero attached hydrogens (tertiary/aromatic N) is 3. The van der Waals surface area contributed by atoms with Crippen LogP contribution in [0.1, 0.15) is 34.6 Å². The van der Waals surface area contributed by atoms with Crippen LogP contribution in [0.25, 0.3) is 10.4 Å². The smallest absolute Gasteiger partial charge is 0.191 e. The maximum atomic E-state index is 9.06. The Labute approximate surface area is 162 Å². The summed E-state index contributed by atoms with van der Waals surface area (Å²) in [6.07, 6.45) is 3.24. The normalized spacial score (nSPS) is 31.0. The van der Waals surface area contributed by atoms with E-state index in [-0.39, 0.29) is 18.3 Å². The molecular formula is C18H31N3O5Si. The third-order valence-electron chi connectivity index (χ3n) is 5.39. The van der Waals surface area contributed by atoms with Gasteiger partial charge in [0, 0.05) is 11.5 Å². The van der Waals surface area contributed by atoms with Gasteiger partial charge in [-0.15, -0.1) is 6.42 Å². The van der Waals surface area contributed by atoms with E-state index in [1.807, 2.05) is 13.8 Å². The van der Waals surface area contributed by atoms with Crippen molar-refractivity contribution in [3.8, 4) is 12.3 Å². The average molecular weight is 398 g/mol. The molecule has 0 radical (unpaired) electrons. The Kier molecular flexibility index (Phi) is 6.65. The third-order valence-corrected chi connectivity index (χ3v) is 9.89. The van der Waals surface area contributed by atoms with Crippen LogP contribution in [0, 0.1) is 12.3 Å². The van der Waals surface area contributed by atoms with Gasteiger partial charge in [0.2, 0.25) is 0 Å². The quantitative estimate of drug-likeness (QED) is 0.215. The number of hydrogen-bond acceptors (Lipinski definition) is 6. The van der Waals surface area contributed by atoms with Crippen LogP contribution in [0.15, 0.2) is 5.11 Å². The van der Waals surface area contributed by atoms with Crippen molar-refractivity contribution in [2.45, 2.75) is 89.2 Å². The summed E-state index contributed by atoms with van der Waals surface area (Å²) in [6.45, 7) is 14.7. The highest BCUT2D eigenvalue weighted by atomic mass is 28.4. The van der Waals surface area contributed by atoms with Gasteiger partial charge in [0.1, 0.15) is 24.9 Å². The molecule has 8 nitrogen and oxygen atoms in total. The highest BCUT2D eigenvalue weighted by Gasteiger charge is 2.57. The van der Waals surface area contributed by atoms with E-state index >= 15 is 0 Å². The zero-order valence-electron chi connectivity index (χ0n) is 17.3. The van der Waals surface area contributed by atoms with Gasteiger partial charge in [-0.25, -0.2) is 0 Å². The van der Waals surface area contributed by atoms with Crippen LogP contribution >= 0.6 is 0 Å². The van der Waals surface area contributed by atoms with Crippen molar-refractivity contribution in [2.75, 3.05) is 13.2 Å². The molecule has 0 N–H and O–H groups in total. The second-order valence-electron chi connectivity index (χ2n) is 8.89. The average Bonchev–Trinajstić information content (AvgIpc) is 3.00. The molecule has 2 fully saturated rings. The summed E-state index contributed by atoms with van der Waals surface area (Å²) in [5.41, 5.74) is 9.06. The molecule has 9 heteroatoms. The van der Waals surface area contributed by atoms with Gasteiger partial charge in [-0.05, 0) is 37.5 Å². The minimum Gasteiger partial charge on any atom is -0.416 e. The SMILES string of the molecule is C#CCO[C@H]1[C@H]2OC(C)(C)O[C@H]2O[C@@H]1[C@H](CO[Si](C)(C)C(C)(C)C)N=[N+]=[N-]. The number of ether oxygens (including phenoxy) is 4. The fourth-order valence-electron chi connectivity index (χ4n) is 2.92. The largest absolute Gasteiger partial charge is 0.416 e. The molecule has 152 valence electrons. The van der Waals surface area contributed by atoms with Crippen molar-refractivity contribution in [1.29, 1.82) is 0 Å². The second kappa shape index (κ2) is 8.09. The fourth-order valence-corrected chi connectivity index (χ4v) is 3.94. The molecule has 2 rings (SSSR count). The van der Waals surface area contributed by atoms with Crippen molar-refractivity contribution in [3.05, 3.63) is 10.4 Å². The summed E-state index contributed by atoms with van der Waals surface area (Å²) < 4.78 is 29.8. The number of hydrogen-bond donors (Lipinski definition) is 0. The molecule has 0 aliphatic carbocycles. The highest BCUT2D eigenvalue weighted by molar-refractivity contribution is 6.74. The van der Waals surface area contributed by atoms with Gasteiger partial charge in [0.25, 0.3) is 0 Å². The molecule has 2 heterocycles. The summed E-state index contributed by atoms with van der Waals surface area (Å²) in [6, 6.07) is -0.576. The minimum absolute atomic E-state index is 0.0383. The van der Waals surface area contributed by atoms with Crippen molar-refractivity contribution >= 4 is 8.32 Å². The Morgan fingerprint density at radius 1 is 1.33 bits per heavy atom. The Bertz CT molecular complexity index is 621. The molecule has 0 spiro atoms. The van der Waals surface area contributed by atoms with E-state index in [0.29, 0.717) is 0 Å². The maximum Gasteiger partial charge on any atom is 0.191 e. The lowest BCUT2D eigenvalue weighted by molar-refractivity contribution is -0.220. The Morgan fingerprint density at radius 3 is 2.56 bits per heavy atom. The molecular weight excluding hydrogens is 366 g/mol.